The van der Waals surface area contributed by atoms with Crippen LogP contribution in [0, 0.1) is 18.3 Å². The first-order valence-corrected chi connectivity index (χ1v) is 8.78. The fourth-order valence-electron chi connectivity index (χ4n) is 3.26. The predicted molar refractivity (Wildman–Crippen MR) is 105 cm³/mol. The second-order valence-electron chi connectivity index (χ2n) is 6.11. The highest BCUT2D eigenvalue weighted by Crippen LogP contribution is 2.35. The number of ether oxygens (including phenoxy) is 2. The largest absolute Gasteiger partial charge is 0.495 e. The quantitative estimate of drug-likeness (QED) is 0.625. The molecular formula is C21H17ClN2O4. The standard InChI is InChI=1S/C21H17ClN2O4/c1-12-15(10-19(25)28-3)20-16(11-23)18(27-2)9-8-17(20)24(12)21(26)13-4-6-14(22)7-5-13/h4-9H,10H2,1-3H3. The van der Waals surface area contributed by atoms with E-state index in [4.69, 9.17) is 21.1 Å². The van der Waals surface area contributed by atoms with Crippen LogP contribution < -0.4 is 4.74 Å². The minimum absolute atomic E-state index is 0.0679. The molecule has 0 atom stereocenters. The Morgan fingerprint density at radius 2 is 1.82 bits per heavy atom. The molecule has 28 heavy (non-hydrogen) atoms. The van der Waals surface area contributed by atoms with Crippen LogP contribution >= 0.6 is 11.6 Å². The number of nitrogens with zero attached hydrogens (tertiary/aromatic N) is 2. The molecule has 0 aliphatic rings. The summed E-state index contributed by atoms with van der Waals surface area (Å²) in [6, 6.07) is 12.0. The van der Waals surface area contributed by atoms with Crippen molar-refractivity contribution in [3.05, 3.63) is 63.8 Å². The Labute approximate surface area is 166 Å². The normalized spacial score (nSPS) is 10.5. The summed E-state index contributed by atoms with van der Waals surface area (Å²) >= 11 is 5.92. The summed E-state index contributed by atoms with van der Waals surface area (Å²) in [6.45, 7) is 1.74. The average molecular weight is 397 g/mol. The average Bonchev–Trinajstić information content (AvgIpc) is 2.98. The number of esters is 1. The lowest BCUT2D eigenvalue weighted by molar-refractivity contribution is -0.139. The molecule has 7 heteroatoms. The number of methoxy groups -OCH3 is 2. The number of carbonyl (C=O) groups is 2. The second-order valence-corrected chi connectivity index (χ2v) is 6.55. The molecule has 0 radical (unpaired) electrons. The van der Waals surface area contributed by atoms with Gasteiger partial charge in [0.05, 0.1) is 26.2 Å². The molecule has 0 N–H and O–H groups in total. The number of aromatic nitrogens is 1. The Kier molecular flexibility index (Phi) is 5.39. The zero-order valence-electron chi connectivity index (χ0n) is 15.6. The Hall–Kier alpha value is -3.30. The molecule has 0 aliphatic heterocycles. The zero-order chi connectivity index (χ0) is 20.4. The van der Waals surface area contributed by atoms with Gasteiger partial charge in [-0.1, -0.05) is 11.6 Å². The van der Waals surface area contributed by atoms with Gasteiger partial charge in [0.2, 0.25) is 0 Å². The Morgan fingerprint density at radius 1 is 1.14 bits per heavy atom. The van der Waals surface area contributed by atoms with E-state index in [1.165, 1.54) is 18.8 Å². The summed E-state index contributed by atoms with van der Waals surface area (Å²) in [4.78, 5) is 25.2. The van der Waals surface area contributed by atoms with Crippen LogP contribution in [0.1, 0.15) is 27.2 Å². The number of fused-ring (bicyclic) bond motifs is 1. The molecule has 0 unspecified atom stereocenters. The summed E-state index contributed by atoms with van der Waals surface area (Å²) in [6.07, 6.45) is -0.0679. The van der Waals surface area contributed by atoms with Crippen LogP contribution in [0.15, 0.2) is 36.4 Å². The fourth-order valence-corrected chi connectivity index (χ4v) is 3.38. The predicted octanol–water partition coefficient (Wildman–Crippen LogP) is 3.89. The van der Waals surface area contributed by atoms with E-state index in [1.807, 2.05) is 0 Å². The third-order valence-electron chi connectivity index (χ3n) is 4.63. The SMILES string of the molecule is COC(=O)Cc1c(C)n(C(=O)c2ccc(Cl)cc2)c2ccc(OC)c(C#N)c12. The molecule has 1 aromatic heterocycles. The summed E-state index contributed by atoms with van der Waals surface area (Å²) in [5.41, 5.74) is 2.34. The summed E-state index contributed by atoms with van der Waals surface area (Å²) in [5, 5.41) is 10.7. The van der Waals surface area contributed by atoms with Crippen molar-refractivity contribution in [1.82, 2.24) is 4.57 Å². The minimum atomic E-state index is -0.465. The lowest BCUT2D eigenvalue weighted by atomic mass is 10.0. The smallest absolute Gasteiger partial charge is 0.310 e. The first-order chi connectivity index (χ1) is 13.4. The van der Waals surface area contributed by atoms with Gasteiger partial charge in [-0.05, 0) is 48.9 Å². The van der Waals surface area contributed by atoms with E-state index in [9.17, 15) is 14.9 Å². The molecule has 142 valence electrons. The maximum absolute atomic E-state index is 13.2. The first-order valence-electron chi connectivity index (χ1n) is 8.41. The highest BCUT2D eigenvalue weighted by atomic mass is 35.5. The highest BCUT2D eigenvalue weighted by Gasteiger charge is 2.25. The van der Waals surface area contributed by atoms with Crippen molar-refractivity contribution in [1.29, 1.82) is 5.26 Å². The Bertz CT molecular complexity index is 1120. The molecule has 0 fully saturated rings. The Balaban J connectivity index is 2.33. The monoisotopic (exact) mass is 396 g/mol. The van der Waals surface area contributed by atoms with E-state index in [0.717, 1.165) is 0 Å². The molecule has 0 amide bonds. The molecular weight excluding hydrogens is 380 g/mol. The third kappa shape index (κ3) is 3.21. The van der Waals surface area contributed by atoms with Crippen LogP contribution in [0.3, 0.4) is 0 Å². The van der Waals surface area contributed by atoms with Gasteiger partial charge in [-0.2, -0.15) is 5.26 Å². The van der Waals surface area contributed by atoms with E-state index in [2.05, 4.69) is 6.07 Å². The topological polar surface area (TPSA) is 81.3 Å². The number of carbonyl (C=O) groups excluding carboxylic acids is 2. The second kappa shape index (κ2) is 7.75. The molecule has 1 heterocycles. The van der Waals surface area contributed by atoms with E-state index >= 15 is 0 Å². The maximum Gasteiger partial charge on any atom is 0.310 e. The molecule has 3 aromatic rings. The molecule has 6 nitrogen and oxygen atoms in total. The van der Waals surface area contributed by atoms with Gasteiger partial charge in [-0.15, -0.1) is 0 Å². The van der Waals surface area contributed by atoms with Crippen molar-refractivity contribution in [3.63, 3.8) is 0 Å². The van der Waals surface area contributed by atoms with Gasteiger partial charge in [-0.3, -0.25) is 14.2 Å². The van der Waals surface area contributed by atoms with Crippen molar-refractivity contribution in [3.8, 4) is 11.8 Å². The molecule has 0 saturated heterocycles. The van der Waals surface area contributed by atoms with Gasteiger partial charge in [-0.25, -0.2) is 0 Å². The van der Waals surface area contributed by atoms with Crippen molar-refractivity contribution in [2.75, 3.05) is 14.2 Å². The van der Waals surface area contributed by atoms with Gasteiger partial charge in [0.15, 0.2) is 0 Å². The summed E-state index contributed by atoms with van der Waals surface area (Å²) in [7, 11) is 2.76. The third-order valence-corrected chi connectivity index (χ3v) is 4.89. The van der Waals surface area contributed by atoms with E-state index < -0.39 is 5.97 Å². The molecule has 0 spiro atoms. The van der Waals surface area contributed by atoms with Crippen molar-refractivity contribution in [2.24, 2.45) is 0 Å². The van der Waals surface area contributed by atoms with E-state index in [0.29, 0.717) is 38.5 Å². The van der Waals surface area contributed by atoms with Gasteiger partial charge >= 0.3 is 5.97 Å². The van der Waals surface area contributed by atoms with Crippen LogP contribution in [0.4, 0.5) is 0 Å². The van der Waals surface area contributed by atoms with Crippen LogP contribution in [-0.2, 0) is 16.0 Å². The highest BCUT2D eigenvalue weighted by molar-refractivity contribution is 6.30. The molecule has 0 bridgehead atoms. The van der Waals surface area contributed by atoms with Crippen LogP contribution in [0.25, 0.3) is 10.9 Å². The van der Waals surface area contributed by atoms with Crippen molar-refractivity contribution >= 4 is 34.4 Å². The maximum atomic E-state index is 13.2. The van der Waals surface area contributed by atoms with E-state index in [1.54, 1.807) is 43.3 Å². The molecule has 0 saturated carbocycles. The molecule has 3 rings (SSSR count). The van der Waals surface area contributed by atoms with Gasteiger partial charge in [0.1, 0.15) is 17.4 Å². The van der Waals surface area contributed by atoms with Crippen LogP contribution in [0.5, 0.6) is 5.75 Å². The number of hydrogen-bond acceptors (Lipinski definition) is 5. The number of benzene rings is 2. The molecule has 0 aliphatic carbocycles. The fraction of sp³-hybridized carbons (Fsp3) is 0.190. The van der Waals surface area contributed by atoms with Gasteiger partial charge < -0.3 is 9.47 Å². The Morgan fingerprint density at radius 3 is 2.39 bits per heavy atom. The molecule has 2 aromatic carbocycles. The zero-order valence-corrected chi connectivity index (χ0v) is 16.3. The van der Waals surface area contributed by atoms with Crippen LogP contribution in [0.2, 0.25) is 5.02 Å². The van der Waals surface area contributed by atoms with Crippen molar-refractivity contribution < 1.29 is 19.1 Å². The lowest BCUT2D eigenvalue weighted by Gasteiger charge is -2.08. The summed E-state index contributed by atoms with van der Waals surface area (Å²) < 4.78 is 11.6. The number of hydrogen-bond donors (Lipinski definition) is 0. The lowest BCUT2D eigenvalue weighted by Crippen LogP contribution is -2.14. The van der Waals surface area contributed by atoms with E-state index in [-0.39, 0.29) is 17.9 Å². The first kappa shape index (κ1) is 19.5. The number of halogens is 1. The number of rotatable bonds is 4. The van der Waals surface area contributed by atoms with Crippen LogP contribution in [-0.4, -0.2) is 30.7 Å². The minimum Gasteiger partial charge on any atom is -0.495 e. The number of nitriles is 1. The van der Waals surface area contributed by atoms with Gasteiger partial charge in [0.25, 0.3) is 5.91 Å². The van der Waals surface area contributed by atoms with Crippen molar-refractivity contribution in [2.45, 2.75) is 13.3 Å². The summed E-state index contributed by atoms with van der Waals surface area (Å²) in [5.74, 6) is -0.380. The van der Waals surface area contributed by atoms with Gasteiger partial charge in [0, 0.05) is 21.7 Å².